The van der Waals surface area contributed by atoms with Gasteiger partial charge in [0, 0.05) is 25.7 Å². The van der Waals surface area contributed by atoms with E-state index in [-0.39, 0.29) is 25.7 Å². The summed E-state index contributed by atoms with van der Waals surface area (Å²) < 4.78 is 68.5. The van der Waals surface area contributed by atoms with Crippen LogP contribution in [0.15, 0.2) is 231 Å². The van der Waals surface area contributed by atoms with E-state index in [2.05, 4.69) is 204 Å². The van der Waals surface area contributed by atoms with Crippen molar-refractivity contribution in [2.45, 2.75) is 290 Å². The van der Waals surface area contributed by atoms with Crippen LogP contribution in [0, 0.1) is 0 Å². The largest absolute Gasteiger partial charge is 0.472 e. The summed E-state index contributed by atoms with van der Waals surface area (Å²) in [5.74, 6) is -2.50. The number of aliphatic hydroxyl groups is 1. The first-order valence-corrected chi connectivity index (χ1v) is 44.6. The van der Waals surface area contributed by atoms with Crippen LogP contribution in [0.2, 0.25) is 0 Å². The Labute approximate surface area is 676 Å². The molecule has 2 unspecified atom stereocenters. The van der Waals surface area contributed by atoms with Crippen molar-refractivity contribution < 1.29 is 80.2 Å². The number of phosphoric acid groups is 2. The van der Waals surface area contributed by atoms with Crippen molar-refractivity contribution in [3.63, 3.8) is 0 Å². The fourth-order valence-corrected chi connectivity index (χ4v) is 11.5. The number of unbranched alkanes of at least 4 members (excludes halogenated alkanes) is 11. The molecule has 0 heterocycles. The van der Waals surface area contributed by atoms with E-state index < -0.39 is 97.5 Å². The van der Waals surface area contributed by atoms with Crippen molar-refractivity contribution in [2.75, 3.05) is 39.6 Å². The highest BCUT2D eigenvalue weighted by Crippen LogP contribution is 2.45. The number of aliphatic hydroxyl groups excluding tert-OH is 1. The van der Waals surface area contributed by atoms with Crippen LogP contribution in [-0.4, -0.2) is 96.7 Å². The van der Waals surface area contributed by atoms with Crippen LogP contribution in [0.3, 0.4) is 0 Å². The van der Waals surface area contributed by atoms with Gasteiger partial charge < -0.3 is 33.8 Å². The van der Waals surface area contributed by atoms with Gasteiger partial charge in [-0.05, 0) is 167 Å². The summed E-state index contributed by atoms with van der Waals surface area (Å²) in [6, 6.07) is 0. The third kappa shape index (κ3) is 81.1. The maximum absolute atomic E-state index is 13.1. The van der Waals surface area contributed by atoms with Gasteiger partial charge >= 0.3 is 39.5 Å². The number of allylic oxidation sites excluding steroid dienone is 38. The van der Waals surface area contributed by atoms with E-state index in [1.165, 1.54) is 25.7 Å². The van der Waals surface area contributed by atoms with Crippen molar-refractivity contribution in [1.82, 2.24) is 0 Å². The number of ether oxygens (including phenoxy) is 4. The summed E-state index contributed by atoms with van der Waals surface area (Å²) in [6.07, 6.45) is 106. The van der Waals surface area contributed by atoms with Crippen molar-refractivity contribution in [2.24, 2.45) is 0 Å². The van der Waals surface area contributed by atoms with Crippen molar-refractivity contribution in [3.05, 3.63) is 231 Å². The number of hydrogen-bond donors (Lipinski definition) is 3. The maximum Gasteiger partial charge on any atom is 0.472 e. The molecule has 0 aliphatic heterocycles. The van der Waals surface area contributed by atoms with Gasteiger partial charge in [-0.2, -0.15) is 0 Å². The van der Waals surface area contributed by atoms with Crippen molar-refractivity contribution in [1.29, 1.82) is 0 Å². The molecule has 19 heteroatoms. The van der Waals surface area contributed by atoms with Gasteiger partial charge in [-0.25, -0.2) is 9.13 Å². The first-order chi connectivity index (χ1) is 54.7. The molecular weight excluding hydrogens is 1450 g/mol. The molecule has 0 aromatic rings. The Morgan fingerprint density at radius 3 is 0.768 bits per heavy atom. The van der Waals surface area contributed by atoms with Gasteiger partial charge in [-0.1, -0.05) is 310 Å². The average Bonchev–Trinajstić information content (AvgIpc) is 0.908. The van der Waals surface area contributed by atoms with E-state index in [1.54, 1.807) is 0 Å². The van der Waals surface area contributed by atoms with E-state index in [9.17, 15) is 43.2 Å². The molecule has 0 aromatic heterocycles. The Balaban J connectivity index is 5.62. The monoisotopic (exact) mass is 1590 g/mol. The third-order valence-corrected chi connectivity index (χ3v) is 18.0. The minimum atomic E-state index is -5.04. The van der Waals surface area contributed by atoms with Gasteiger partial charge in [0.25, 0.3) is 0 Å². The molecule has 0 spiro atoms. The third-order valence-electron chi connectivity index (χ3n) is 16.1. The zero-order chi connectivity index (χ0) is 81.7. The van der Waals surface area contributed by atoms with Gasteiger partial charge in [0.1, 0.15) is 19.3 Å². The van der Waals surface area contributed by atoms with Crippen LogP contribution < -0.4 is 0 Å². The minimum absolute atomic E-state index is 0.00801. The first-order valence-electron chi connectivity index (χ1n) is 41.6. The highest BCUT2D eigenvalue weighted by atomic mass is 31.2. The molecule has 112 heavy (non-hydrogen) atoms. The Morgan fingerprint density at radius 2 is 0.482 bits per heavy atom. The van der Waals surface area contributed by atoms with E-state index in [4.69, 9.17) is 37.0 Å². The first kappa shape index (κ1) is 105. The molecule has 0 bridgehead atoms. The van der Waals surface area contributed by atoms with Gasteiger partial charge in [0.05, 0.1) is 26.4 Å². The minimum Gasteiger partial charge on any atom is -0.462 e. The van der Waals surface area contributed by atoms with Crippen LogP contribution in [0.25, 0.3) is 0 Å². The second-order valence-corrected chi connectivity index (χ2v) is 29.5. The lowest BCUT2D eigenvalue weighted by Gasteiger charge is -2.21. The van der Waals surface area contributed by atoms with Crippen molar-refractivity contribution in [3.8, 4) is 0 Å². The number of rotatable bonds is 75. The number of phosphoric ester groups is 2. The number of carbonyl (C=O) groups excluding carboxylic acids is 4. The quantitative estimate of drug-likeness (QED) is 0.0169. The summed E-state index contributed by atoms with van der Waals surface area (Å²) in [4.78, 5) is 73.1. The smallest absolute Gasteiger partial charge is 0.462 e. The molecule has 628 valence electrons. The zero-order valence-corrected chi connectivity index (χ0v) is 70.5. The Kier molecular flexibility index (Phi) is 77.1. The molecule has 0 rings (SSSR count). The SMILES string of the molecule is CC/C=C\C/C=C\C/C=C\C/C=C\C/C=C\C/C=C\CCC(=O)OC[C@H](COP(=O)(O)OC[C@@H](O)COP(=O)(O)OC[C@@H](COC(=O)CCCCCCCCC/C=C\CCCCCC)OC(=O)CC/C=C\C/C=C\C/C=C\C/C=C\C/C=C\C/C=C\CC)OC(=O)CC/C=C\C/C=C\C/C=C\C/C=C\C/C=C\C/C=C\CC. The number of carbonyl (C=O) groups is 4. The van der Waals surface area contributed by atoms with Crippen LogP contribution in [0.4, 0.5) is 0 Å². The van der Waals surface area contributed by atoms with Gasteiger partial charge in [0.15, 0.2) is 12.2 Å². The Morgan fingerprint density at radius 1 is 0.259 bits per heavy atom. The summed E-state index contributed by atoms with van der Waals surface area (Å²) in [6.45, 7) is 4.22. The molecule has 0 amide bonds. The van der Waals surface area contributed by atoms with Crippen molar-refractivity contribution >= 4 is 39.5 Å². The topological polar surface area (TPSA) is 237 Å². The summed E-state index contributed by atoms with van der Waals surface area (Å²) >= 11 is 0. The molecule has 0 aromatic carbocycles. The number of esters is 4. The lowest BCUT2D eigenvalue weighted by molar-refractivity contribution is -0.161. The lowest BCUT2D eigenvalue weighted by atomic mass is 10.1. The molecular formula is C93H144O17P2. The van der Waals surface area contributed by atoms with Crippen LogP contribution in [0.5, 0.6) is 0 Å². The van der Waals surface area contributed by atoms with Gasteiger partial charge in [-0.15, -0.1) is 0 Å². The van der Waals surface area contributed by atoms with Crippen LogP contribution in [0.1, 0.15) is 272 Å². The fourth-order valence-electron chi connectivity index (χ4n) is 9.94. The summed E-state index contributed by atoms with van der Waals surface area (Å²) in [7, 11) is -10.1. The number of hydrogen-bond acceptors (Lipinski definition) is 15. The highest BCUT2D eigenvalue weighted by molar-refractivity contribution is 7.47. The standard InChI is InChI=1S/C93H144O17P2/c1-5-9-13-17-21-25-29-33-37-40-43-46-50-54-58-62-66-70-74-78-91(96)104-84-89(110-93(98)80-76-72-68-64-60-56-52-48-45-42-39-35-31-27-23-19-15-11-7-3)86-108-112(101,102)106-82-87(94)81-105-111(99,100)107-85-88(83-103-90(95)77-73-69-65-61-57-53-49-36-32-28-24-20-16-12-8-4)109-92(97)79-75-71-67-63-59-55-51-47-44-41-38-34-30-26-22-18-14-10-6-2/h9-11,13-15,21-23,25-28,32-35,37-39,43-48,54-56,58-60,66-68,70-72,87-89,94H,5-8,12,16-20,24,29-31,36,40-42,49-53,57,61-65,69,73-86H2,1-4H3,(H,99,100)(H,101,102)/b13-9-,14-10-,15-11-,25-21-,26-22-,27-23-,32-28-,37-33-,38-34-,39-35-,46-43-,47-44-,48-45-,58-54-,59-55-,60-56-,70-66-,71-67-,72-68-/t87-,88+,89+/m0/s1. The molecule has 3 N–H and O–H groups in total. The lowest BCUT2D eigenvalue weighted by Crippen LogP contribution is -2.30. The summed E-state index contributed by atoms with van der Waals surface area (Å²) in [5.41, 5.74) is 0. The molecule has 5 atom stereocenters. The predicted octanol–water partition coefficient (Wildman–Crippen LogP) is 25.0. The van der Waals surface area contributed by atoms with E-state index in [0.717, 1.165) is 148 Å². The van der Waals surface area contributed by atoms with Crippen LogP contribution >= 0.6 is 15.6 Å². The fraction of sp³-hybridized carbons (Fsp3) is 0.548. The predicted molar refractivity (Wildman–Crippen MR) is 463 cm³/mol. The molecule has 0 aliphatic rings. The van der Waals surface area contributed by atoms with E-state index in [1.807, 2.05) is 54.7 Å². The zero-order valence-electron chi connectivity index (χ0n) is 68.7. The molecule has 17 nitrogen and oxygen atoms in total. The molecule has 0 saturated carbocycles. The van der Waals surface area contributed by atoms with E-state index >= 15 is 0 Å². The summed E-state index contributed by atoms with van der Waals surface area (Å²) in [5, 5.41) is 10.7. The molecule has 0 radical (unpaired) electrons. The van der Waals surface area contributed by atoms with Crippen LogP contribution in [-0.2, 0) is 65.4 Å². The van der Waals surface area contributed by atoms with Gasteiger partial charge in [0.2, 0.25) is 0 Å². The second kappa shape index (κ2) is 82.1. The molecule has 0 fully saturated rings. The highest BCUT2D eigenvalue weighted by Gasteiger charge is 2.30. The molecule has 0 saturated heterocycles. The molecule has 0 aliphatic carbocycles. The Bertz CT molecular complexity index is 3040. The second-order valence-electron chi connectivity index (χ2n) is 26.6. The average molecular weight is 1600 g/mol. The van der Waals surface area contributed by atoms with E-state index in [0.29, 0.717) is 44.9 Å². The maximum atomic E-state index is 13.1. The Hall–Kier alpha value is -6.88. The van der Waals surface area contributed by atoms with Gasteiger partial charge in [-0.3, -0.25) is 37.3 Å². The normalized spacial score (nSPS) is 15.0.